The molecule has 0 saturated carbocycles. The van der Waals surface area contributed by atoms with Crippen molar-refractivity contribution < 1.29 is 14.5 Å². The van der Waals surface area contributed by atoms with Crippen molar-refractivity contribution in [2.24, 2.45) is 5.84 Å². The molecule has 1 amide bonds. The fourth-order valence-corrected chi connectivity index (χ4v) is 1.58. The minimum absolute atomic E-state index is 0.137. The van der Waals surface area contributed by atoms with Gasteiger partial charge in [0.25, 0.3) is 11.6 Å². The van der Waals surface area contributed by atoms with Gasteiger partial charge >= 0.3 is 0 Å². The lowest BCUT2D eigenvalue weighted by Gasteiger charge is -2.09. The SMILES string of the molecule is CCOCCCNC(=O)c1cc([N+](=O)[O-])ccc1NN. The number of rotatable bonds is 8. The van der Waals surface area contributed by atoms with E-state index < -0.39 is 10.8 Å². The summed E-state index contributed by atoms with van der Waals surface area (Å²) in [6, 6.07) is 3.86. The van der Waals surface area contributed by atoms with Gasteiger partial charge in [0.15, 0.2) is 0 Å². The highest BCUT2D eigenvalue weighted by molar-refractivity contribution is 6.00. The molecule has 0 aliphatic carbocycles. The number of nitrogens with one attached hydrogen (secondary N) is 2. The summed E-state index contributed by atoms with van der Waals surface area (Å²) in [7, 11) is 0. The minimum atomic E-state index is -0.563. The standard InChI is InChI=1S/C12H18N4O4/c1-2-20-7-3-6-14-12(17)10-8-9(16(18)19)4-5-11(10)15-13/h4-5,8,15H,2-3,6-7,13H2,1H3,(H,14,17). The Morgan fingerprint density at radius 2 is 2.25 bits per heavy atom. The molecule has 0 fully saturated rings. The summed E-state index contributed by atoms with van der Waals surface area (Å²) in [4.78, 5) is 22.1. The number of carbonyl (C=O) groups is 1. The number of benzene rings is 1. The number of nitrogens with two attached hydrogens (primary N) is 1. The highest BCUT2D eigenvalue weighted by Crippen LogP contribution is 2.21. The molecule has 20 heavy (non-hydrogen) atoms. The predicted octanol–water partition coefficient (Wildman–Crippen LogP) is 1.04. The molecule has 0 heterocycles. The largest absolute Gasteiger partial charge is 0.382 e. The number of non-ortho nitro benzene ring substituents is 1. The maximum absolute atomic E-state index is 12.0. The van der Waals surface area contributed by atoms with E-state index in [1.165, 1.54) is 18.2 Å². The fraction of sp³-hybridized carbons (Fsp3) is 0.417. The zero-order valence-corrected chi connectivity index (χ0v) is 11.2. The van der Waals surface area contributed by atoms with Gasteiger partial charge in [0.1, 0.15) is 0 Å². The van der Waals surface area contributed by atoms with Gasteiger partial charge in [-0.1, -0.05) is 0 Å². The number of nitro benzene ring substituents is 1. The Labute approximate surface area is 116 Å². The Kier molecular flexibility index (Phi) is 6.41. The maximum atomic E-state index is 12.0. The summed E-state index contributed by atoms with van der Waals surface area (Å²) >= 11 is 0. The van der Waals surface area contributed by atoms with Gasteiger partial charge in [-0.3, -0.25) is 20.8 Å². The molecule has 0 unspecified atom stereocenters. The van der Waals surface area contributed by atoms with Crippen LogP contribution in [-0.2, 0) is 4.74 Å². The van der Waals surface area contributed by atoms with E-state index in [1.807, 2.05) is 6.92 Å². The molecule has 4 N–H and O–H groups in total. The second-order valence-corrected chi connectivity index (χ2v) is 3.94. The van der Waals surface area contributed by atoms with Crippen molar-refractivity contribution in [2.45, 2.75) is 13.3 Å². The Morgan fingerprint density at radius 1 is 1.50 bits per heavy atom. The van der Waals surface area contributed by atoms with E-state index in [1.54, 1.807) is 0 Å². The predicted molar refractivity (Wildman–Crippen MR) is 74.3 cm³/mol. The van der Waals surface area contributed by atoms with Crippen molar-refractivity contribution in [1.29, 1.82) is 0 Å². The van der Waals surface area contributed by atoms with Gasteiger partial charge in [0.2, 0.25) is 0 Å². The Balaban J connectivity index is 2.70. The van der Waals surface area contributed by atoms with Crippen molar-refractivity contribution in [3.8, 4) is 0 Å². The highest BCUT2D eigenvalue weighted by atomic mass is 16.6. The first-order valence-corrected chi connectivity index (χ1v) is 6.21. The van der Waals surface area contributed by atoms with E-state index >= 15 is 0 Å². The van der Waals surface area contributed by atoms with Crippen LogP contribution in [-0.4, -0.2) is 30.6 Å². The van der Waals surface area contributed by atoms with Crippen LogP contribution < -0.4 is 16.6 Å². The summed E-state index contributed by atoms with van der Waals surface area (Å²) in [6.45, 7) is 3.49. The molecule has 8 nitrogen and oxygen atoms in total. The summed E-state index contributed by atoms with van der Waals surface area (Å²) in [5, 5.41) is 13.4. The maximum Gasteiger partial charge on any atom is 0.270 e. The number of nitrogens with zero attached hydrogens (tertiary/aromatic N) is 1. The van der Waals surface area contributed by atoms with E-state index in [0.717, 1.165) is 0 Å². The molecule has 0 aliphatic heterocycles. The number of hydrazine groups is 1. The normalized spacial score (nSPS) is 10.1. The van der Waals surface area contributed by atoms with Gasteiger partial charge < -0.3 is 15.5 Å². The molecule has 0 radical (unpaired) electrons. The lowest BCUT2D eigenvalue weighted by molar-refractivity contribution is -0.384. The third-order valence-corrected chi connectivity index (χ3v) is 2.57. The number of hydrogen-bond acceptors (Lipinski definition) is 6. The first kappa shape index (κ1) is 15.9. The van der Waals surface area contributed by atoms with E-state index in [2.05, 4.69) is 10.7 Å². The highest BCUT2D eigenvalue weighted by Gasteiger charge is 2.15. The molecule has 1 aromatic rings. The molecule has 0 spiro atoms. The van der Waals surface area contributed by atoms with Crippen molar-refractivity contribution in [3.05, 3.63) is 33.9 Å². The van der Waals surface area contributed by atoms with E-state index in [9.17, 15) is 14.9 Å². The Hall–Kier alpha value is -2.19. The second-order valence-electron chi connectivity index (χ2n) is 3.94. The smallest absolute Gasteiger partial charge is 0.270 e. The molecule has 1 rings (SSSR count). The Morgan fingerprint density at radius 3 is 2.85 bits per heavy atom. The van der Waals surface area contributed by atoms with Crippen LogP contribution in [0.3, 0.4) is 0 Å². The molecule has 110 valence electrons. The van der Waals surface area contributed by atoms with Crippen LogP contribution in [0.5, 0.6) is 0 Å². The molecular weight excluding hydrogens is 264 g/mol. The zero-order valence-electron chi connectivity index (χ0n) is 11.2. The van der Waals surface area contributed by atoms with Crippen LogP contribution in [0.15, 0.2) is 18.2 Å². The van der Waals surface area contributed by atoms with Gasteiger partial charge in [-0.05, 0) is 19.4 Å². The van der Waals surface area contributed by atoms with Gasteiger partial charge in [0.05, 0.1) is 16.2 Å². The summed E-state index contributed by atoms with van der Waals surface area (Å²) in [5.41, 5.74) is 2.65. The lowest BCUT2D eigenvalue weighted by atomic mass is 10.1. The lowest BCUT2D eigenvalue weighted by Crippen LogP contribution is -2.27. The number of anilines is 1. The van der Waals surface area contributed by atoms with Gasteiger partial charge in [-0.15, -0.1) is 0 Å². The van der Waals surface area contributed by atoms with Gasteiger partial charge in [-0.2, -0.15) is 0 Å². The summed E-state index contributed by atoms with van der Waals surface area (Å²) in [6.07, 6.45) is 0.667. The second kappa shape index (κ2) is 8.08. The van der Waals surface area contributed by atoms with E-state index in [4.69, 9.17) is 10.6 Å². The van der Waals surface area contributed by atoms with Crippen molar-refractivity contribution in [3.63, 3.8) is 0 Å². The third kappa shape index (κ3) is 4.48. The van der Waals surface area contributed by atoms with Crippen LogP contribution in [0.2, 0.25) is 0 Å². The van der Waals surface area contributed by atoms with Crippen LogP contribution in [0.4, 0.5) is 11.4 Å². The molecule has 8 heteroatoms. The Bertz CT molecular complexity index is 479. The van der Waals surface area contributed by atoms with Gasteiger partial charge in [0, 0.05) is 31.9 Å². The minimum Gasteiger partial charge on any atom is -0.382 e. The molecule has 1 aromatic carbocycles. The van der Waals surface area contributed by atoms with Crippen LogP contribution in [0.25, 0.3) is 0 Å². The summed E-state index contributed by atoms with van der Waals surface area (Å²) < 4.78 is 5.14. The number of nitro groups is 1. The molecule has 0 aliphatic rings. The van der Waals surface area contributed by atoms with Crippen LogP contribution >= 0.6 is 0 Å². The number of amides is 1. The molecule has 0 saturated heterocycles. The molecular formula is C12H18N4O4. The number of nitrogen functional groups attached to an aromatic ring is 1. The van der Waals surface area contributed by atoms with Crippen molar-refractivity contribution in [1.82, 2.24) is 5.32 Å². The fourth-order valence-electron chi connectivity index (χ4n) is 1.58. The van der Waals surface area contributed by atoms with Crippen LogP contribution in [0, 0.1) is 10.1 Å². The molecule has 0 aromatic heterocycles. The number of ether oxygens (including phenoxy) is 1. The van der Waals surface area contributed by atoms with E-state index in [0.29, 0.717) is 31.9 Å². The summed E-state index contributed by atoms with van der Waals surface area (Å²) in [5.74, 6) is 4.87. The number of carbonyl (C=O) groups excluding carboxylic acids is 1. The third-order valence-electron chi connectivity index (χ3n) is 2.57. The molecule has 0 atom stereocenters. The first-order chi connectivity index (χ1) is 9.60. The zero-order chi connectivity index (χ0) is 15.0. The van der Waals surface area contributed by atoms with Crippen LogP contribution in [0.1, 0.15) is 23.7 Å². The van der Waals surface area contributed by atoms with Crippen molar-refractivity contribution >= 4 is 17.3 Å². The van der Waals surface area contributed by atoms with Gasteiger partial charge in [-0.25, -0.2) is 0 Å². The quantitative estimate of drug-likeness (QED) is 0.283. The number of hydrogen-bond donors (Lipinski definition) is 3. The molecule has 0 bridgehead atoms. The van der Waals surface area contributed by atoms with Crippen molar-refractivity contribution in [2.75, 3.05) is 25.2 Å². The monoisotopic (exact) mass is 282 g/mol. The topological polar surface area (TPSA) is 120 Å². The average molecular weight is 282 g/mol. The average Bonchev–Trinajstić information content (AvgIpc) is 2.46. The van der Waals surface area contributed by atoms with E-state index in [-0.39, 0.29) is 11.3 Å². The first-order valence-electron chi connectivity index (χ1n) is 6.21.